The highest BCUT2D eigenvalue weighted by Crippen LogP contribution is 2.34. The maximum atomic E-state index is 6.16. The molecule has 1 aliphatic rings. The smallest absolute Gasteiger partial charge is 0.0991 e. The first-order chi connectivity index (χ1) is 6.29. The van der Waals surface area contributed by atoms with Crippen molar-refractivity contribution in [2.24, 2.45) is 0 Å². The van der Waals surface area contributed by atoms with E-state index in [1.54, 1.807) is 0 Å². The van der Waals surface area contributed by atoms with Crippen molar-refractivity contribution in [2.75, 3.05) is 6.61 Å². The van der Waals surface area contributed by atoms with Crippen LogP contribution in [0.3, 0.4) is 0 Å². The fourth-order valence-corrected chi connectivity index (χ4v) is 2.05. The average Bonchev–Trinajstić information content (AvgIpc) is 2.52. The zero-order valence-corrected chi connectivity index (χ0v) is 8.42. The van der Waals surface area contributed by atoms with Gasteiger partial charge in [0, 0.05) is 6.61 Å². The number of aryl methyl sites for hydroxylation is 1. The van der Waals surface area contributed by atoms with E-state index in [1.807, 2.05) is 12.1 Å². The van der Waals surface area contributed by atoms with E-state index in [-0.39, 0.29) is 11.5 Å². The number of alkyl halides is 1. The zero-order chi connectivity index (χ0) is 9.26. The van der Waals surface area contributed by atoms with Crippen molar-refractivity contribution in [2.45, 2.75) is 24.8 Å². The van der Waals surface area contributed by atoms with Crippen LogP contribution >= 0.6 is 11.6 Å². The Kier molecular flexibility index (Phi) is 2.56. The first kappa shape index (κ1) is 9.04. The molecule has 2 atom stereocenters. The Bertz CT molecular complexity index is 298. The van der Waals surface area contributed by atoms with Gasteiger partial charge in [0.1, 0.15) is 0 Å². The third-order valence-electron chi connectivity index (χ3n) is 2.51. The topological polar surface area (TPSA) is 9.23 Å². The van der Waals surface area contributed by atoms with Gasteiger partial charge in [-0.25, -0.2) is 0 Å². The van der Waals surface area contributed by atoms with E-state index in [9.17, 15) is 0 Å². The molecule has 0 radical (unpaired) electrons. The lowest BCUT2D eigenvalue weighted by Gasteiger charge is -2.15. The van der Waals surface area contributed by atoms with Crippen LogP contribution in [0.25, 0.3) is 0 Å². The second-order valence-corrected chi connectivity index (χ2v) is 4.01. The van der Waals surface area contributed by atoms with E-state index in [4.69, 9.17) is 16.3 Å². The lowest BCUT2D eigenvalue weighted by Crippen LogP contribution is -2.07. The van der Waals surface area contributed by atoms with Crippen molar-refractivity contribution >= 4 is 11.6 Å². The molecule has 0 bridgehead atoms. The number of halogens is 1. The van der Waals surface area contributed by atoms with Crippen LogP contribution in [0.15, 0.2) is 24.3 Å². The Morgan fingerprint density at radius 3 is 2.77 bits per heavy atom. The van der Waals surface area contributed by atoms with Crippen molar-refractivity contribution in [1.82, 2.24) is 0 Å². The van der Waals surface area contributed by atoms with E-state index in [0.29, 0.717) is 0 Å². The van der Waals surface area contributed by atoms with Gasteiger partial charge in [0.05, 0.1) is 11.5 Å². The molecule has 0 spiro atoms. The van der Waals surface area contributed by atoms with Crippen molar-refractivity contribution in [3.63, 3.8) is 0 Å². The molecule has 1 fully saturated rings. The minimum Gasteiger partial charge on any atom is -0.372 e. The molecular formula is C11H13ClO. The van der Waals surface area contributed by atoms with E-state index >= 15 is 0 Å². The molecule has 1 nitrogen and oxygen atoms in total. The summed E-state index contributed by atoms with van der Waals surface area (Å²) in [5.74, 6) is 0. The summed E-state index contributed by atoms with van der Waals surface area (Å²) in [6, 6.07) is 8.27. The summed E-state index contributed by atoms with van der Waals surface area (Å²) < 4.78 is 5.60. The molecule has 1 aromatic rings. The van der Waals surface area contributed by atoms with Gasteiger partial charge in [-0.2, -0.15) is 0 Å². The summed E-state index contributed by atoms with van der Waals surface area (Å²) in [5, 5.41) is 0.140. The highest BCUT2D eigenvalue weighted by Gasteiger charge is 2.28. The monoisotopic (exact) mass is 196 g/mol. The Labute approximate surface area is 83.7 Å². The maximum Gasteiger partial charge on any atom is 0.0991 e. The molecule has 0 aromatic heterocycles. The van der Waals surface area contributed by atoms with Gasteiger partial charge in [-0.1, -0.05) is 24.3 Å². The first-order valence-corrected chi connectivity index (χ1v) is 5.04. The number of hydrogen-bond donors (Lipinski definition) is 0. The summed E-state index contributed by atoms with van der Waals surface area (Å²) in [5.41, 5.74) is 2.50. The van der Waals surface area contributed by atoms with Gasteiger partial charge >= 0.3 is 0 Å². The SMILES string of the molecule is Cc1ccccc1[C@H]1OCC[C@@H]1Cl. The van der Waals surface area contributed by atoms with E-state index < -0.39 is 0 Å². The van der Waals surface area contributed by atoms with Crippen molar-refractivity contribution in [3.8, 4) is 0 Å². The number of rotatable bonds is 1. The van der Waals surface area contributed by atoms with Crippen LogP contribution in [0.2, 0.25) is 0 Å². The molecule has 0 saturated carbocycles. The summed E-state index contributed by atoms with van der Waals surface area (Å²) in [6.07, 6.45) is 1.06. The van der Waals surface area contributed by atoms with Crippen LogP contribution in [0.4, 0.5) is 0 Å². The molecule has 2 heteroatoms. The van der Waals surface area contributed by atoms with Gasteiger partial charge in [0.2, 0.25) is 0 Å². The zero-order valence-electron chi connectivity index (χ0n) is 7.66. The minimum atomic E-state index is 0.0999. The molecule has 0 aliphatic carbocycles. The minimum absolute atomic E-state index is 0.0999. The predicted molar refractivity (Wildman–Crippen MR) is 54.1 cm³/mol. The van der Waals surface area contributed by atoms with Crippen molar-refractivity contribution in [3.05, 3.63) is 35.4 Å². The van der Waals surface area contributed by atoms with Crippen LogP contribution in [-0.2, 0) is 4.74 Å². The van der Waals surface area contributed by atoms with Crippen molar-refractivity contribution in [1.29, 1.82) is 0 Å². The molecule has 13 heavy (non-hydrogen) atoms. The molecule has 1 heterocycles. The fraction of sp³-hybridized carbons (Fsp3) is 0.455. The highest BCUT2D eigenvalue weighted by atomic mass is 35.5. The number of benzene rings is 1. The Hall–Kier alpha value is -0.530. The van der Waals surface area contributed by atoms with Gasteiger partial charge in [-0.15, -0.1) is 11.6 Å². The summed E-state index contributed by atoms with van der Waals surface area (Å²) in [6.45, 7) is 2.88. The number of hydrogen-bond acceptors (Lipinski definition) is 1. The molecule has 0 amide bonds. The molecule has 2 rings (SSSR count). The van der Waals surface area contributed by atoms with Gasteiger partial charge in [-0.05, 0) is 24.5 Å². The van der Waals surface area contributed by atoms with Crippen LogP contribution in [-0.4, -0.2) is 12.0 Å². The third kappa shape index (κ3) is 1.72. The summed E-state index contributed by atoms with van der Waals surface area (Å²) >= 11 is 6.16. The fourth-order valence-electron chi connectivity index (χ4n) is 1.75. The lowest BCUT2D eigenvalue weighted by molar-refractivity contribution is 0.113. The summed E-state index contributed by atoms with van der Waals surface area (Å²) in [4.78, 5) is 0. The molecular weight excluding hydrogens is 184 g/mol. The van der Waals surface area contributed by atoms with Crippen LogP contribution in [0.1, 0.15) is 23.7 Å². The number of ether oxygens (including phenoxy) is 1. The van der Waals surface area contributed by atoms with Crippen LogP contribution < -0.4 is 0 Å². The molecule has 70 valence electrons. The second-order valence-electron chi connectivity index (χ2n) is 3.45. The summed E-state index contributed by atoms with van der Waals surface area (Å²) in [7, 11) is 0. The second kappa shape index (κ2) is 3.69. The Morgan fingerprint density at radius 2 is 2.15 bits per heavy atom. The molecule has 0 N–H and O–H groups in total. The van der Waals surface area contributed by atoms with E-state index in [0.717, 1.165) is 13.0 Å². The van der Waals surface area contributed by atoms with Gasteiger partial charge in [0.15, 0.2) is 0 Å². The molecule has 0 unspecified atom stereocenters. The maximum absolute atomic E-state index is 6.16. The van der Waals surface area contributed by atoms with Crippen LogP contribution in [0.5, 0.6) is 0 Å². The average molecular weight is 197 g/mol. The Morgan fingerprint density at radius 1 is 1.38 bits per heavy atom. The standard InChI is InChI=1S/C11H13ClO/c1-8-4-2-3-5-9(8)11-10(12)6-7-13-11/h2-5,10-11H,6-7H2,1H3/t10-,11+/m0/s1. The first-order valence-electron chi connectivity index (χ1n) is 4.60. The van der Waals surface area contributed by atoms with Crippen molar-refractivity contribution < 1.29 is 4.74 Å². The molecule has 1 saturated heterocycles. The predicted octanol–water partition coefficient (Wildman–Crippen LogP) is 3.06. The molecule has 1 aromatic carbocycles. The Balaban J connectivity index is 2.29. The van der Waals surface area contributed by atoms with E-state index in [1.165, 1.54) is 11.1 Å². The third-order valence-corrected chi connectivity index (χ3v) is 2.96. The van der Waals surface area contributed by atoms with E-state index in [2.05, 4.69) is 19.1 Å². The van der Waals surface area contributed by atoms with Gasteiger partial charge in [0.25, 0.3) is 0 Å². The normalized spacial score (nSPS) is 27.8. The van der Waals surface area contributed by atoms with Crippen LogP contribution in [0, 0.1) is 6.92 Å². The van der Waals surface area contributed by atoms with Gasteiger partial charge in [-0.3, -0.25) is 0 Å². The molecule has 1 aliphatic heterocycles. The quantitative estimate of drug-likeness (QED) is 0.628. The highest BCUT2D eigenvalue weighted by molar-refractivity contribution is 6.21. The van der Waals surface area contributed by atoms with Gasteiger partial charge < -0.3 is 4.74 Å². The largest absolute Gasteiger partial charge is 0.372 e. The lowest BCUT2D eigenvalue weighted by atomic mass is 10.0.